The van der Waals surface area contributed by atoms with Crippen LogP contribution < -0.4 is 5.32 Å². The van der Waals surface area contributed by atoms with E-state index in [0.717, 1.165) is 57.7 Å². The Morgan fingerprint density at radius 3 is 2.67 bits per heavy atom. The first-order valence-corrected chi connectivity index (χ1v) is 8.00. The van der Waals surface area contributed by atoms with Gasteiger partial charge in [0.2, 0.25) is 0 Å². The number of rotatable bonds is 8. The molecular formula is C17H25F2NO. The molecule has 1 aromatic carbocycles. The summed E-state index contributed by atoms with van der Waals surface area (Å²) in [5.41, 5.74) is 0.702. The first-order chi connectivity index (χ1) is 10.2. The zero-order valence-electron chi connectivity index (χ0n) is 12.7. The predicted octanol–water partition coefficient (Wildman–Crippen LogP) is 4.35. The lowest BCUT2D eigenvalue weighted by atomic mass is 9.98. The van der Waals surface area contributed by atoms with Gasteiger partial charge in [-0.1, -0.05) is 6.92 Å². The van der Waals surface area contributed by atoms with Crippen molar-refractivity contribution < 1.29 is 13.5 Å². The molecule has 118 valence electrons. The van der Waals surface area contributed by atoms with E-state index >= 15 is 0 Å². The average Bonchev–Trinajstić information content (AvgIpc) is 2.94. The topological polar surface area (TPSA) is 21.3 Å². The summed E-state index contributed by atoms with van der Waals surface area (Å²) >= 11 is 0. The van der Waals surface area contributed by atoms with E-state index in [1.165, 1.54) is 12.1 Å². The van der Waals surface area contributed by atoms with Gasteiger partial charge in [0.25, 0.3) is 0 Å². The van der Waals surface area contributed by atoms with Crippen molar-refractivity contribution in [2.45, 2.75) is 57.6 Å². The standard InChI is InChI=1S/C17H25F2NO/c1-2-8-20-17(7-3-5-16-6-4-9-21-16)13-10-14(18)12-15(19)11-13/h10-12,16-17,20H,2-9H2,1H3. The molecule has 21 heavy (non-hydrogen) atoms. The second kappa shape index (κ2) is 8.44. The van der Waals surface area contributed by atoms with Gasteiger partial charge in [-0.25, -0.2) is 8.78 Å². The van der Waals surface area contributed by atoms with Gasteiger partial charge < -0.3 is 10.1 Å². The number of nitrogens with one attached hydrogen (secondary N) is 1. The fraction of sp³-hybridized carbons (Fsp3) is 0.647. The van der Waals surface area contributed by atoms with Gasteiger partial charge in [0.15, 0.2) is 0 Å². The molecule has 4 heteroatoms. The Morgan fingerprint density at radius 2 is 2.05 bits per heavy atom. The molecule has 0 aliphatic carbocycles. The fourth-order valence-corrected chi connectivity index (χ4v) is 2.90. The van der Waals surface area contributed by atoms with E-state index in [9.17, 15) is 8.78 Å². The van der Waals surface area contributed by atoms with Crippen LogP contribution in [0.4, 0.5) is 8.78 Å². The van der Waals surface area contributed by atoms with Crippen LogP contribution in [0, 0.1) is 11.6 Å². The van der Waals surface area contributed by atoms with Gasteiger partial charge in [0, 0.05) is 18.7 Å². The molecule has 1 aliphatic heterocycles. The van der Waals surface area contributed by atoms with Crippen molar-refractivity contribution in [1.29, 1.82) is 0 Å². The third-order valence-electron chi connectivity index (χ3n) is 3.97. The van der Waals surface area contributed by atoms with Crippen LogP contribution in [0.25, 0.3) is 0 Å². The molecular weight excluding hydrogens is 272 g/mol. The number of hydrogen-bond acceptors (Lipinski definition) is 2. The maximum atomic E-state index is 13.4. The fourth-order valence-electron chi connectivity index (χ4n) is 2.90. The third kappa shape index (κ3) is 5.36. The van der Waals surface area contributed by atoms with Crippen molar-refractivity contribution in [3.63, 3.8) is 0 Å². The lowest BCUT2D eigenvalue weighted by molar-refractivity contribution is 0.101. The Hall–Kier alpha value is -1.00. The Balaban J connectivity index is 1.92. The quantitative estimate of drug-likeness (QED) is 0.770. The van der Waals surface area contributed by atoms with E-state index in [1.807, 2.05) is 0 Å². The van der Waals surface area contributed by atoms with Crippen LogP contribution in [0.2, 0.25) is 0 Å². The Morgan fingerprint density at radius 1 is 1.29 bits per heavy atom. The number of ether oxygens (including phenoxy) is 1. The van der Waals surface area contributed by atoms with E-state index in [2.05, 4.69) is 12.2 Å². The van der Waals surface area contributed by atoms with E-state index in [4.69, 9.17) is 4.74 Å². The SMILES string of the molecule is CCCNC(CCCC1CCCO1)c1cc(F)cc(F)c1. The molecule has 0 aromatic heterocycles. The van der Waals surface area contributed by atoms with E-state index in [-0.39, 0.29) is 6.04 Å². The van der Waals surface area contributed by atoms with Crippen molar-refractivity contribution in [2.75, 3.05) is 13.2 Å². The Kier molecular flexibility index (Phi) is 6.58. The second-order valence-electron chi connectivity index (χ2n) is 5.78. The third-order valence-corrected chi connectivity index (χ3v) is 3.97. The Labute approximate surface area is 125 Å². The normalized spacial score (nSPS) is 19.9. The minimum Gasteiger partial charge on any atom is -0.378 e. The first kappa shape index (κ1) is 16.4. The molecule has 0 saturated carbocycles. The van der Waals surface area contributed by atoms with Gasteiger partial charge in [-0.2, -0.15) is 0 Å². The van der Waals surface area contributed by atoms with E-state index in [1.54, 1.807) is 0 Å². The van der Waals surface area contributed by atoms with Crippen molar-refractivity contribution in [3.05, 3.63) is 35.4 Å². The molecule has 1 saturated heterocycles. The van der Waals surface area contributed by atoms with Gasteiger partial charge in [-0.15, -0.1) is 0 Å². The zero-order valence-corrected chi connectivity index (χ0v) is 12.7. The lowest BCUT2D eigenvalue weighted by Crippen LogP contribution is -2.23. The summed E-state index contributed by atoms with van der Waals surface area (Å²) in [4.78, 5) is 0. The Bertz CT molecular complexity index is 413. The van der Waals surface area contributed by atoms with Crippen molar-refractivity contribution in [1.82, 2.24) is 5.32 Å². The van der Waals surface area contributed by atoms with E-state index in [0.29, 0.717) is 11.7 Å². The van der Waals surface area contributed by atoms with Crippen molar-refractivity contribution in [3.8, 4) is 0 Å². The molecule has 2 atom stereocenters. The molecule has 0 bridgehead atoms. The average molecular weight is 297 g/mol. The second-order valence-corrected chi connectivity index (χ2v) is 5.78. The minimum atomic E-state index is -0.507. The molecule has 1 fully saturated rings. The zero-order chi connectivity index (χ0) is 15.1. The summed E-state index contributed by atoms with van der Waals surface area (Å²) in [7, 11) is 0. The molecule has 0 radical (unpaired) electrons. The van der Waals surface area contributed by atoms with Gasteiger partial charge in [-0.3, -0.25) is 0 Å². The van der Waals surface area contributed by atoms with Crippen LogP contribution in [-0.2, 0) is 4.74 Å². The highest BCUT2D eigenvalue weighted by atomic mass is 19.1. The van der Waals surface area contributed by atoms with Crippen LogP contribution in [0.1, 0.15) is 57.1 Å². The van der Waals surface area contributed by atoms with E-state index < -0.39 is 11.6 Å². The molecule has 1 N–H and O–H groups in total. The van der Waals surface area contributed by atoms with Crippen molar-refractivity contribution >= 4 is 0 Å². The molecule has 1 heterocycles. The summed E-state index contributed by atoms with van der Waals surface area (Å²) in [6.07, 6.45) is 6.58. The summed E-state index contributed by atoms with van der Waals surface area (Å²) in [6, 6.07) is 3.80. The number of benzene rings is 1. The van der Waals surface area contributed by atoms with Crippen LogP contribution >= 0.6 is 0 Å². The van der Waals surface area contributed by atoms with Gasteiger partial charge in [-0.05, 0) is 62.8 Å². The van der Waals surface area contributed by atoms with Crippen LogP contribution in [0.15, 0.2) is 18.2 Å². The number of halogens is 2. The monoisotopic (exact) mass is 297 g/mol. The molecule has 1 aromatic rings. The maximum absolute atomic E-state index is 13.4. The molecule has 1 aliphatic rings. The summed E-state index contributed by atoms with van der Waals surface area (Å²) in [5, 5.41) is 3.39. The molecule has 2 unspecified atom stereocenters. The highest BCUT2D eigenvalue weighted by molar-refractivity contribution is 5.21. The van der Waals surface area contributed by atoms with Gasteiger partial charge >= 0.3 is 0 Å². The van der Waals surface area contributed by atoms with Gasteiger partial charge in [0.05, 0.1) is 6.10 Å². The van der Waals surface area contributed by atoms with Gasteiger partial charge in [0.1, 0.15) is 11.6 Å². The highest BCUT2D eigenvalue weighted by Crippen LogP contribution is 2.24. The minimum absolute atomic E-state index is 0.0107. The van der Waals surface area contributed by atoms with Crippen LogP contribution in [-0.4, -0.2) is 19.3 Å². The molecule has 0 spiro atoms. The number of hydrogen-bond donors (Lipinski definition) is 1. The largest absolute Gasteiger partial charge is 0.378 e. The highest BCUT2D eigenvalue weighted by Gasteiger charge is 2.17. The maximum Gasteiger partial charge on any atom is 0.126 e. The first-order valence-electron chi connectivity index (χ1n) is 8.00. The summed E-state index contributed by atoms with van der Waals surface area (Å²) in [6.45, 7) is 3.81. The lowest BCUT2D eigenvalue weighted by Gasteiger charge is -2.20. The molecule has 2 rings (SSSR count). The van der Waals surface area contributed by atoms with Crippen molar-refractivity contribution in [2.24, 2.45) is 0 Å². The molecule has 0 amide bonds. The summed E-state index contributed by atoms with van der Waals surface area (Å²) in [5.74, 6) is -1.01. The predicted molar refractivity (Wildman–Crippen MR) is 80.2 cm³/mol. The molecule has 2 nitrogen and oxygen atoms in total. The smallest absolute Gasteiger partial charge is 0.126 e. The van der Waals surface area contributed by atoms with Crippen LogP contribution in [0.5, 0.6) is 0 Å². The van der Waals surface area contributed by atoms with Crippen LogP contribution in [0.3, 0.4) is 0 Å². The summed E-state index contributed by atoms with van der Waals surface area (Å²) < 4.78 is 32.4.